The lowest BCUT2D eigenvalue weighted by Gasteiger charge is -2.16. The van der Waals surface area contributed by atoms with Crippen molar-refractivity contribution < 1.29 is 28.9 Å². The molecule has 26 heavy (non-hydrogen) atoms. The van der Waals surface area contributed by atoms with Gasteiger partial charge < -0.3 is 24.2 Å². The molecule has 1 amide bonds. The lowest BCUT2D eigenvalue weighted by atomic mass is 10.0. The van der Waals surface area contributed by atoms with Crippen molar-refractivity contribution in [2.24, 2.45) is 0 Å². The zero-order chi connectivity index (χ0) is 19.3. The molecule has 1 aliphatic rings. The molecular formula is C19H23NO6. The van der Waals surface area contributed by atoms with Crippen LogP contribution in [-0.2, 0) is 19.1 Å². The Balaban J connectivity index is 2.49. The van der Waals surface area contributed by atoms with Crippen molar-refractivity contribution in [3.8, 4) is 11.5 Å². The second kappa shape index (κ2) is 8.53. The molecule has 1 aromatic carbocycles. The predicted octanol–water partition coefficient (Wildman–Crippen LogP) is 2.11. The smallest absolute Gasteiger partial charge is 0.340 e. The molecule has 0 aromatic heterocycles. The number of amides is 1. The monoisotopic (exact) mass is 361 g/mol. The fourth-order valence-electron chi connectivity index (χ4n) is 2.73. The number of esters is 1. The zero-order valence-electron chi connectivity index (χ0n) is 15.4. The fourth-order valence-corrected chi connectivity index (χ4v) is 2.73. The summed E-state index contributed by atoms with van der Waals surface area (Å²) in [6.07, 6.45) is 1.59. The summed E-state index contributed by atoms with van der Waals surface area (Å²) >= 11 is 0. The first-order valence-electron chi connectivity index (χ1n) is 8.22. The van der Waals surface area contributed by atoms with E-state index in [1.54, 1.807) is 39.2 Å². The second-order valence-electron chi connectivity index (χ2n) is 5.62. The number of carbonyl (C=O) groups excluding carboxylic acids is 2. The average Bonchev–Trinajstić information content (AvgIpc) is 2.85. The van der Waals surface area contributed by atoms with Gasteiger partial charge in [-0.1, -0.05) is 6.07 Å². The van der Waals surface area contributed by atoms with E-state index in [0.717, 1.165) is 0 Å². The number of phenolic OH excluding ortho intramolecular Hbond substituents is 1. The Bertz CT molecular complexity index is 765. The molecule has 1 N–H and O–H groups in total. The molecule has 1 heterocycles. The SMILES string of the molecule is CCOC(=O)C1=C(C)N(CCOC)C(=O)/C1=C\c1ccc(O)c(OC)c1. The molecule has 0 saturated heterocycles. The molecule has 0 atom stereocenters. The van der Waals surface area contributed by atoms with Crippen LogP contribution in [-0.4, -0.2) is 55.9 Å². The third-order valence-electron chi connectivity index (χ3n) is 4.02. The number of methoxy groups -OCH3 is 2. The first-order chi connectivity index (χ1) is 12.4. The Morgan fingerprint density at radius 3 is 2.65 bits per heavy atom. The van der Waals surface area contributed by atoms with Gasteiger partial charge in [0.1, 0.15) is 0 Å². The third-order valence-corrected chi connectivity index (χ3v) is 4.02. The van der Waals surface area contributed by atoms with Crippen molar-refractivity contribution in [2.45, 2.75) is 13.8 Å². The van der Waals surface area contributed by atoms with Crippen molar-refractivity contribution >= 4 is 18.0 Å². The number of hydrogen-bond acceptors (Lipinski definition) is 6. The zero-order valence-corrected chi connectivity index (χ0v) is 15.4. The van der Waals surface area contributed by atoms with Gasteiger partial charge in [-0.05, 0) is 37.6 Å². The summed E-state index contributed by atoms with van der Waals surface area (Å²) in [5.74, 6) is -0.573. The third kappa shape index (κ3) is 3.88. The molecule has 0 aliphatic carbocycles. The van der Waals surface area contributed by atoms with Crippen molar-refractivity contribution in [3.63, 3.8) is 0 Å². The number of aromatic hydroxyl groups is 1. The van der Waals surface area contributed by atoms with Gasteiger partial charge in [0.05, 0.1) is 31.5 Å². The van der Waals surface area contributed by atoms with Gasteiger partial charge in [0, 0.05) is 19.4 Å². The Labute approximate surface area is 152 Å². The van der Waals surface area contributed by atoms with E-state index in [4.69, 9.17) is 14.2 Å². The number of allylic oxidation sites excluding steroid dienone is 1. The van der Waals surface area contributed by atoms with Crippen molar-refractivity contribution in [1.29, 1.82) is 0 Å². The van der Waals surface area contributed by atoms with E-state index >= 15 is 0 Å². The summed E-state index contributed by atoms with van der Waals surface area (Å²) in [6.45, 7) is 4.31. The molecule has 0 unspecified atom stereocenters. The first kappa shape index (κ1) is 19.5. The highest BCUT2D eigenvalue weighted by Gasteiger charge is 2.36. The number of carbonyl (C=O) groups is 2. The van der Waals surface area contributed by atoms with Crippen LogP contribution in [0.4, 0.5) is 0 Å². The van der Waals surface area contributed by atoms with Crippen LogP contribution < -0.4 is 4.74 Å². The predicted molar refractivity (Wildman–Crippen MR) is 95.6 cm³/mol. The highest BCUT2D eigenvalue weighted by molar-refractivity contribution is 6.16. The Morgan fingerprint density at radius 2 is 2.04 bits per heavy atom. The van der Waals surface area contributed by atoms with Crippen LogP contribution in [0.25, 0.3) is 6.08 Å². The number of nitrogens with zero attached hydrogens (tertiary/aromatic N) is 1. The summed E-state index contributed by atoms with van der Waals surface area (Å²) in [5, 5.41) is 9.72. The molecule has 0 bridgehead atoms. The summed E-state index contributed by atoms with van der Waals surface area (Å²) in [7, 11) is 2.98. The summed E-state index contributed by atoms with van der Waals surface area (Å²) < 4.78 is 15.3. The van der Waals surface area contributed by atoms with Gasteiger partial charge in [-0.2, -0.15) is 0 Å². The van der Waals surface area contributed by atoms with Gasteiger partial charge in [0.2, 0.25) is 0 Å². The van der Waals surface area contributed by atoms with E-state index in [1.807, 2.05) is 0 Å². The van der Waals surface area contributed by atoms with Crippen LogP contribution in [0.15, 0.2) is 35.0 Å². The maximum absolute atomic E-state index is 12.8. The molecule has 0 spiro atoms. The minimum atomic E-state index is -0.546. The van der Waals surface area contributed by atoms with E-state index in [-0.39, 0.29) is 35.2 Å². The molecule has 7 heteroatoms. The van der Waals surface area contributed by atoms with Gasteiger partial charge in [-0.25, -0.2) is 4.79 Å². The number of ether oxygens (including phenoxy) is 3. The lowest BCUT2D eigenvalue weighted by Crippen LogP contribution is -2.28. The fraction of sp³-hybridized carbons (Fsp3) is 0.368. The molecule has 1 aromatic rings. The summed E-state index contributed by atoms with van der Waals surface area (Å²) in [4.78, 5) is 26.7. The van der Waals surface area contributed by atoms with Crippen molar-refractivity contribution in [2.75, 3.05) is 34.0 Å². The van der Waals surface area contributed by atoms with Crippen LogP contribution in [0, 0.1) is 0 Å². The molecule has 0 radical (unpaired) electrons. The topological polar surface area (TPSA) is 85.3 Å². The number of rotatable bonds is 7. The molecule has 2 rings (SSSR count). The van der Waals surface area contributed by atoms with Gasteiger partial charge in [0.15, 0.2) is 11.5 Å². The number of phenols is 1. The van der Waals surface area contributed by atoms with E-state index in [2.05, 4.69) is 0 Å². The molecule has 7 nitrogen and oxygen atoms in total. The minimum absolute atomic E-state index is 0.00791. The van der Waals surface area contributed by atoms with Gasteiger partial charge in [0.25, 0.3) is 5.91 Å². The Morgan fingerprint density at radius 1 is 1.31 bits per heavy atom. The molecule has 0 fully saturated rings. The first-order valence-corrected chi connectivity index (χ1v) is 8.22. The van der Waals surface area contributed by atoms with Gasteiger partial charge >= 0.3 is 5.97 Å². The summed E-state index contributed by atoms with van der Waals surface area (Å²) in [5.41, 5.74) is 1.62. The van der Waals surface area contributed by atoms with E-state index < -0.39 is 5.97 Å². The lowest BCUT2D eigenvalue weighted by molar-refractivity contribution is -0.138. The normalized spacial score (nSPS) is 15.8. The molecule has 140 valence electrons. The van der Waals surface area contributed by atoms with Crippen LogP contribution in [0.1, 0.15) is 19.4 Å². The van der Waals surface area contributed by atoms with Gasteiger partial charge in [-0.15, -0.1) is 0 Å². The second-order valence-corrected chi connectivity index (χ2v) is 5.62. The Kier molecular flexibility index (Phi) is 6.41. The molecule has 1 aliphatic heterocycles. The maximum atomic E-state index is 12.8. The average molecular weight is 361 g/mol. The van der Waals surface area contributed by atoms with Crippen molar-refractivity contribution in [1.82, 2.24) is 4.90 Å². The quantitative estimate of drug-likeness (QED) is 0.591. The van der Waals surface area contributed by atoms with Crippen LogP contribution >= 0.6 is 0 Å². The largest absolute Gasteiger partial charge is 0.504 e. The van der Waals surface area contributed by atoms with E-state index in [0.29, 0.717) is 24.4 Å². The van der Waals surface area contributed by atoms with Crippen LogP contribution in [0.5, 0.6) is 11.5 Å². The van der Waals surface area contributed by atoms with E-state index in [9.17, 15) is 14.7 Å². The minimum Gasteiger partial charge on any atom is -0.504 e. The highest BCUT2D eigenvalue weighted by atomic mass is 16.5. The highest BCUT2D eigenvalue weighted by Crippen LogP contribution is 2.33. The number of benzene rings is 1. The molecular weight excluding hydrogens is 338 g/mol. The number of hydrogen-bond donors (Lipinski definition) is 1. The standard InChI is InChI=1S/C19H23NO6/c1-5-26-19(23)17-12(2)20(8-9-24-3)18(22)14(17)10-13-6-7-15(21)16(11-13)25-4/h6-7,10-11,21H,5,8-9H2,1-4H3/b14-10-. The van der Waals surface area contributed by atoms with Crippen LogP contribution in [0.3, 0.4) is 0 Å². The van der Waals surface area contributed by atoms with Gasteiger partial charge in [-0.3, -0.25) is 4.79 Å². The maximum Gasteiger partial charge on any atom is 0.340 e. The van der Waals surface area contributed by atoms with Crippen molar-refractivity contribution in [3.05, 3.63) is 40.6 Å². The Hall–Kier alpha value is -2.80. The molecule has 0 saturated carbocycles. The van der Waals surface area contributed by atoms with Crippen LogP contribution in [0.2, 0.25) is 0 Å². The van der Waals surface area contributed by atoms with E-state index in [1.165, 1.54) is 18.1 Å². The summed E-state index contributed by atoms with van der Waals surface area (Å²) in [6, 6.07) is 4.69.